The van der Waals surface area contributed by atoms with Crippen molar-refractivity contribution < 1.29 is 14.4 Å². The number of fused-ring (bicyclic) bond motifs is 1. The average Bonchev–Trinajstić information content (AvgIpc) is 3.17. The van der Waals surface area contributed by atoms with Crippen LogP contribution >= 0.6 is 11.6 Å². The second kappa shape index (κ2) is 10.4. The zero-order valence-electron chi connectivity index (χ0n) is 19.1. The summed E-state index contributed by atoms with van der Waals surface area (Å²) in [5.74, 6) is 0.542. The lowest BCUT2D eigenvalue weighted by Crippen LogP contribution is -2.17. The fourth-order valence-electron chi connectivity index (χ4n) is 3.69. The summed E-state index contributed by atoms with van der Waals surface area (Å²) in [7, 11) is 0. The summed E-state index contributed by atoms with van der Waals surface area (Å²) >= 11 is 6.14. The molecule has 2 aromatic carbocycles. The average molecular weight is 491 g/mol. The summed E-state index contributed by atoms with van der Waals surface area (Å²) < 4.78 is 5.34. The van der Waals surface area contributed by atoms with Gasteiger partial charge in [0.2, 0.25) is 0 Å². The van der Waals surface area contributed by atoms with E-state index >= 15 is 0 Å². The maximum absolute atomic E-state index is 10.8. The molecule has 0 radical (unpaired) electrons. The number of anilines is 1. The number of nitrogens with one attached hydrogen (secondary N) is 3. The number of carboxylic acid groups (broad SMARTS) is 1. The van der Waals surface area contributed by atoms with Crippen LogP contribution in [0.25, 0.3) is 27.6 Å². The zero-order chi connectivity index (χ0) is 24.9. The first-order valence-electron chi connectivity index (χ1n) is 10.7. The summed E-state index contributed by atoms with van der Waals surface area (Å²) in [6.45, 7) is 3.93. The molecule has 0 unspecified atom stereocenters. The normalized spacial score (nSPS) is 11.5. The van der Waals surface area contributed by atoms with Crippen molar-refractivity contribution in [2.75, 3.05) is 11.9 Å². The molecule has 0 saturated carbocycles. The standard InChI is InChI=1S/C25H23ClN6O3/c1-14-23(15(2)35-32-14)17-6-7-21-20(9-17)25(29-11-16-4-3-5-19(26)8-16)31-24(30-21)18(10-27)12-28-13-22(33)34/h3-10,12,27-28H,11,13H2,1-2H3,(H,33,34)(H,29,30,31)/b18-12+,27-10?. The van der Waals surface area contributed by atoms with Crippen molar-refractivity contribution in [3.8, 4) is 11.1 Å². The predicted molar refractivity (Wildman–Crippen MR) is 136 cm³/mol. The minimum atomic E-state index is -1.01. The number of aliphatic carboxylic acids is 1. The molecule has 35 heavy (non-hydrogen) atoms. The summed E-state index contributed by atoms with van der Waals surface area (Å²) in [6, 6.07) is 13.3. The molecule has 0 bridgehead atoms. The lowest BCUT2D eigenvalue weighted by molar-refractivity contribution is -0.135. The lowest BCUT2D eigenvalue weighted by atomic mass is 10.0. The van der Waals surface area contributed by atoms with Gasteiger partial charge in [-0.3, -0.25) is 4.79 Å². The quantitative estimate of drug-likeness (QED) is 0.245. The highest BCUT2D eigenvalue weighted by Crippen LogP contribution is 2.32. The molecule has 4 aromatic rings. The van der Waals surface area contributed by atoms with Gasteiger partial charge in [-0.1, -0.05) is 35.0 Å². The number of hydrogen-bond acceptors (Lipinski definition) is 8. The molecule has 0 atom stereocenters. The summed E-state index contributed by atoms with van der Waals surface area (Å²) in [6.07, 6.45) is 2.50. The number of aryl methyl sites for hydroxylation is 2. The van der Waals surface area contributed by atoms with E-state index in [0.717, 1.165) is 34.0 Å². The summed E-state index contributed by atoms with van der Waals surface area (Å²) in [5, 5.41) is 28.2. The topological polar surface area (TPSA) is 137 Å². The molecule has 0 spiro atoms. The van der Waals surface area contributed by atoms with Gasteiger partial charge in [-0.05, 0) is 49.2 Å². The number of carbonyl (C=O) groups is 1. The molecule has 0 aliphatic carbocycles. The van der Waals surface area contributed by atoms with E-state index in [0.29, 0.717) is 34.2 Å². The second-order valence-corrected chi connectivity index (χ2v) is 8.27. The van der Waals surface area contributed by atoms with Gasteiger partial charge >= 0.3 is 5.97 Å². The van der Waals surface area contributed by atoms with Gasteiger partial charge in [0.1, 0.15) is 18.1 Å². The molecular weight excluding hydrogens is 468 g/mol. The Morgan fingerprint density at radius 2 is 2.03 bits per heavy atom. The maximum Gasteiger partial charge on any atom is 0.322 e. The van der Waals surface area contributed by atoms with Crippen LogP contribution in [0, 0.1) is 19.3 Å². The number of halogens is 1. The Bertz CT molecular complexity index is 1430. The van der Waals surface area contributed by atoms with Gasteiger partial charge < -0.3 is 25.7 Å². The number of hydrogen-bond donors (Lipinski definition) is 4. The third-order valence-electron chi connectivity index (χ3n) is 5.29. The van der Waals surface area contributed by atoms with Crippen LogP contribution in [0.4, 0.5) is 5.82 Å². The highest BCUT2D eigenvalue weighted by Gasteiger charge is 2.16. The minimum Gasteiger partial charge on any atom is -0.480 e. The molecule has 178 valence electrons. The number of nitrogens with zero attached hydrogens (tertiary/aromatic N) is 3. The molecule has 0 amide bonds. The van der Waals surface area contributed by atoms with Crippen molar-refractivity contribution in [3.05, 3.63) is 76.5 Å². The van der Waals surface area contributed by atoms with Crippen LogP contribution in [-0.2, 0) is 11.3 Å². The van der Waals surface area contributed by atoms with E-state index in [2.05, 4.69) is 25.8 Å². The van der Waals surface area contributed by atoms with Gasteiger partial charge in [0.15, 0.2) is 5.82 Å². The fraction of sp³-hybridized carbons (Fsp3) is 0.160. The highest BCUT2D eigenvalue weighted by atomic mass is 35.5. The molecule has 0 saturated heterocycles. The van der Waals surface area contributed by atoms with E-state index in [1.54, 1.807) is 0 Å². The van der Waals surface area contributed by atoms with Crippen molar-refractivity contribution in [3.63, 3.8) is 0 Å². The summed E-state index contributed by atoms with van der Waals surface area (Å²) in [4.78, 5) is 20.1. The van der Waals surface area contributed by atoms with Crippen molar-refractivity contribution in [2.45, 2.75) is 20.4 Å². The number of benzene rings is 2. The van der Waals surface area contributed by atoms with Gasteiger partial charge in [-0.25, -0.2) is 9.97 Å². The molecule has 0 aliphatic heterocycles. The number of aromatic nitrogens is 3. The Morgan fingerprint density at radius 1 is 1.20 bits per heavy atom. The van der Waals surface area contributed by atoms with Gasteiger partial charge in [-0.2, -0.15) is 0 Å². The van der Waals surface area contributed by atoms with E-state index in [1.165, 1.54) is 6.20 Å². The van der Waals surface area contributed by atoms with Crippen molar-refractivity contribution in [1.29, 1.82) is 5.41 Å². The Hall–Kier alpha value is -4.24. The monoisotopic (exact) mass is 490 g/mol. The molecular formula is C25H23ClN6O3. The molecule has 9 nitrogen and oxygen atoms in total. The van der Waals surface area contributed by atoms with E-state index in [9.17, 15) is 4.79 Å². The van der Waals surface area contributed by atoms with Crippen LogP contribution < -0.4 is 10.6 Å². The summed E-state index contributed by atoms with van der Waals surface area (Å²) in [5.41, 5.74) is 4.58. The van der Waals surface area contributed by atoms with Crippen LogP contribution in [-0.4, -0.2) is 39.0 Å². The second-order valence-electron chi connectivity index (χ2n) is 7.83. The van der Waals surface area contributed by atoms with Crippen LogP contribution in [0.5, 0.6) is 0 Å². The first-order valence-corrected chi connectivity index (χ1v) is 11.1. The van der Waals surface area contributed by atoms with Gasteiger partial charge in [0.25, 0.3) is 0 Å². The van der Waals surface area contributed by atoms with Crippen LogP contribution in [0.3, 0.4) is 0 Å². The Kier molecular flexibility index (Phi) is 7.07. The number of allylic oxidation sites excluding steroid dienone is 1. The number of carboxylic acids is 1. The molecule has 10 heteroatoms. The molecule has 0 fully saturated rings. The van der Waals surface area contributed by atoms with Gasteiger partial charge in [0, 0.05) is 34.9 Å². The van der Waals surface area contributed by atoms with Crippen molar-refractivity contribution in [2.24, 2.45) is 0 Å². The van der Waals surface area contributed by atoms with Crippen molar-refractivity contribution in [1.82, 2.24) is 20.4 Å². The largest absolute Gasteiger partial charge is 0.480 e. The van der Waals surface area contributed by atoms with Gasteiger partial charge in [0.05, 0.1) is 16.8 Å². The van der Waals surface area contributed by atoms with Crippen molar-refractivity contribution >= 4 is 46.1 Å². The van der Waals surface area contributed by atoms with Crippen LogP contribution in [0.1, 0.15) is 22.8 Å². The fourth-order valence-corrected chi connectivity index (χ4v) is 3.91. The molecule has 2 heterocycles. The third-order valence-corrected chi connectivity index (χ3v) is 5.53. The predicted octanol–water partition coefficient (Wildman–Crippen LogP) is 4.83. The van der Waals surface area contributed by atoms with E-state index in [1.807, 2.05) is 56.3 Å². The highest BCUT2D eigenvalue weighted by molar-refractivity contribution is 6.30. The number of rotatable bonds is 9. The molecule has 4 N–H and O–H groups in total. The Labute approximate surface area is 206 Å². The first-order chi connectivity index (χ1) is 16.9. The third kappa shape index (κ3) is 5.47. The van der Waals surface area contributed by atoms with E-state index in [-0.39, 0.29) is 12.4 Å². The molecule has 4 rings (SSSR count). The maximum atomic E-state index is 10.8. The molecule has 0 aliphatic rings. The van der Waals surface area contributed by atoms with Crippen LogP contribution in [0.2, 0.25) is 5.02 Å². The Morgan fingerprint density at radius 3 is 2.71 bits per heavy atom. The van der Waals surface area contributed by atoms with E-state index in [4.69, 9.17) is 26.6 Å². The Balaban J connectivity index is 1.80. The SMILES string of the molecule is Cc1noc(C)c1-c1ccc2nc(/C(C=N)=C/NCC(=O)O)nc(NCc3cccc(Cl)c3)c2c1. The zero-order valence-corrected chi connectivity index (χ0v) is 19.8. The van der Waals surface area contributed by atoms with E-state index < -0.39 is 5.97 Å². The van der Waals surface area contributed by atoms with Gasteiger partial charge in [-0.15, -0.1) is 0 Å². The first kappa shape index (κ1) is 23.9. The minimum absolute atomic E-state index is 0.282. The smallest absolute Gasteiger partial charge is 0.322 e. The van der Waals surface area contributed by atoms with Crippen LogP contribution in [0.15, 0.2) is 53.2 Å². The molecule has 2 aromatic heterocycles. The lowest BCUT2D eigenvalue weighted by Gasteiger charge is -2.13.